The Kier molecular flexibility index (Phi) is 5.08. The average molecular weight is 304 g/mol. The Hall–Kier alpha value is -2.01. The predicted molar refractivity (Wildman–Crippen MR) is 86.8 cm³/mol. The van der Waals surface area contributed by atoms with Crippen molar-refractivity contribution in [1.29, 1.82) is 0 Å². The lowest BCUT2D eigenvalue weighted by Crippen LogP contribution is -2.42. The maximum absolute atomic E-state index is 11.6. The number of nitrogens with one attached hydrogen (secondary N) is 2. The molecule has 0 spiro atoms. The van der Waals surface area contributed by atoms with Crippen LogP contribution in [0.15, 0.2) is 34.7 Å². The van der Waals surface area contributed by atoms with Gasteiger partial charge in [0.05, 0.1) is 6.54 Å². The number of para-hydroxylation sites is 1. The van der Waals surface area contributed by atoms with Crippen LogP contribution in [0.5, 0.6) is 0 Å². The topological polar surface area (TPSA) is 63.5 Å². The summed E-state index contributed by atoms with van der Waals surface area (Å²) in [5.74, 6) is 0.880. The Bertz CT molecular complexity index is 595. The number of amides is 1. The molecule has 0 saturated carbocycles. The number of carbonyl (C=O) groups is 1. The molecule has 5 nitrogen and oxygen atoms in total. The fraction of sp³-hybridized carbons (Fsp3) is 0.471. The largest absolute Gasteiger partial charge is 0.460 e. The maximum Gasteiger partial charge on any atom is 0.407 e. The Morgan fingerprint density at radius 2 is 2.05 bits per heavy atom. The Labute approximate surface area is 131 Å². The van der Waals surface area contributed by atoms with Crippen LogP contribution in [-0.2, 0) is 11.3 Å². The molecule has 0 aliphatic rings. The second-order valence-electron chi connectivity index (χ2n) is 6.43. The van der Waals surface area contributed by atoms with Crippen LogP contribution < -0.4 is 10.6 Å². The molecular weight excluding hydrogens is 280 g/mol. The zero-order valence-corrected chi connectivity index (χ0v) is 13.6. The van der Waals surface area contributed by atoms with Crippen molar-refractivity contribution in [3.05, 3.63) is 36.1 Å². The fourth-order valence-electron chi connectivity index (χ4n) is 2.10. The lowest BCUT2D eigenvalue weighted by Gasteiger charge is -2.22. The van der Waals surface area contributed by atoms with Gasteiger partial charge in [-0.05, 0) is 39.8 Å². The van der Waals surface area contributed by atoms with Crippen LogP contribution >= 0.6 is 0 Å². The third-order valence-electron chi connectivity index (χ3n) is 2.99. The van der Waals surface area contributed by atoms with Crippen LogP contribution in [0.4, 0.5) is 4.79 Å². The summed E-state index contributed by atoms with van der Waals surface area (Å²) in [4.78, 5) is 11.6. The highest BCUT2D eigenvalue weighted by molar-refractivity contribution is 5.77. The number of hydrogen-bond donors (Lipinski definition) is 2. The molecule has 0 saturated heterocycles. The fourth-order valence-corrected chi connectivity index (χ4v) is 2.10. The number of benzene rings is 1. The maximum atomic E-state index is 11.6. The quantitative estimate of drug-likeness (QED) is 0.888. The highest BCUT2D eigenvalue weighted by Crippen LogP contribution is 2.18. The summed E-state index contributed by atoms with van der Waals surface area (Å²) in [5.41, 5.74) is 0.408. The van der Waals surface area contributed by atoms with Crippen LogP contribution in [0.25, 0.3) is 11.0 Å². The molecule has 0 bridgehead atoms. The van der Waals surface area contributed by atoms with Crippen LogP contribution in [0.2, 0.25) is 0 Å². The summed E-state index contributed by atoms with van der Waals surface area (Å²) in [6.45, 7) is 8.71. The minimum atomic E-state index is -0.481. The van der Waals surface area contributed by atoms with Gasteiger partial charge in [-0.3, -0.25) is 0 Å². The number of furan rings is 1. The summed E-state index contributed by atoms with van der Waals surface area (Å²) in [5, 5.41) is 7.16. The molecule has 1 aromatic heterocycles. The zero-order chi connectivity index (χ0) is 16.2. The minimum Gasteiger partial charge on any atom is -0.460 e. The molecule has 1 atom stereocenters. The number of alkyl carbamates (subject to hydrolysis) is 1. The Morgan fingerprint density at radius 3 is 2.73 bits per heavy atom. The second kappa shape index (κ2) is 6.83. The van der Waals surface area contributed by atoms with E-state index in [4.69, 9.17) is 9.15 Å². The molecule has 22 heavy (non-hydrogen) atoms. The molecule has 0 fully saturated rings. The van der Waals surface area contributed by atoms with Crippen molar-refractivity contribution in [3.8, 4) is 0 Å². The van der Waals surface area contributed by atoms with Crippen molar-refractivity contribution in [2.45, 2.75) is 45.9 Å². The molecule has 0 radical (unpaired) electrons. The first-order chi connectivity index (χ1) is 10.3. The van der Waals surface area contributed by atoms with Crippen molar-refractivity contribution < 1.29 is 13.9 Å². The van der Waals surface area contributed by atoms with Gasteiger partial charge in [0, 0.05) is 18.0 Å². The van der Waals surface area contributed by atoms with Gasteiger partial charge in [0.15, 0.2) is 0 Å². The van der Waals surface area contributed by atoms with Gasteiger partial charge in [0.2, 0.25) is 0 Å². The van der Waals surface area contributed by atoms with Crippen LogP contribution in [-0.4, -0.2) is 24.3 Å². The van der Waals surface area contributed by atoms with Gasteiger partial charge in [-0.15, -0.1) is 0 Å². The summed E-state index contributed by atoms with van der Waals surface area (Å²) < 4.78 is 10.9. The molecule has 5 heteroatoms. The van der Waals surface area contributed by atoms with Gasteiger partial charge >= 0.3 is 6.09 Å². The van der Waals surface area contributed by atoms with Crippen LogP contribution in [0.1, 0.15) is 33.5 Å². The van der Waals surface area contributed by atoms with E-state index in [1.54, 1.807) is 0 Å². The van der Waals surface area contributed by atoms with Crippen molar-refractivity contribution in [2.24, 2.45) is 0 Å². The Morgan fingerprint density at radius 1 is 1.32 bits per heavy atom. The molecule has 1 heterocycles. The normalized spacial score (nSPS) is 13.1. The molecule has 2 aromatic rings. The first kappa shape index (κ1) is 16.4. The lowest BCUT2D eigenvalue weighted by atomic mass is 10.2. The number of carbonyl (C=O) groups excluding carboxylic acids is 1. The summed E-state index contributed by atoms with van der Waals surface area (Å²) in [6.07, 6.45) is -0.398. The van der Waals surface area contributed by atoms with Gasteiger partial charge in [-0.2, -0.15) is 0 Å². The standard InChI is InChI=1S/C17H24N2O3/c1-12(19-16(20)22-17(2,3)4)10-18-11-14-9-13-7-5-6-8-15(13)21-14/h5-9,12,18H,10-11H2,1-4H3,(H,19,20). The van der Waals surface area contributed by atoms with E-state index in [9.17, 15) is 4.79 Å². The van der Waals surface area contributed by atoms with Crippen molar-refractivity contribution in [2.75, 3.05) is 6.54 Å². The predicted octanol–water partition coefficient (Wildman–Crippen LogP) is 3.44. The van der Waals surface area contributed by atoms with Gasteiger partial charge in [0.25, 0.3) is 0 Å². The monoisotopic (exact) mass is 304 g/mol. The number of fused-ring (bicyclic) bond motifs is 1. The van der Waals surface area contributed by atoms with Crippen LogP contribution in [0, 0.1) is 0 Å². The van der Waals surface area contributed by atoms with Crippen molar-refractivity contribution in [3.63, 3.8) is 0 Å². The minimum absolute atomic E-state index is 0.0285. The summed E-state index contributed by atoms with van der Waals surface area (Å²) in [6, 6.07) is 9.91. The van der Waals surface area contributed by atoms with E-state index in [2.05, 4.69) is 10.6 Å². The molecule has 1 amide bonds. The molecular formula is C17H24N2O3. The van der Waals surface area contributed by atoms with E-state index in [0.29, 0.717) is 13.1 Å². The van der Waals surface area contributed by atoms with Crippen molar-refractivity contribution in [1.82, 2.24) is 10.6 Å². The lowest BCUT2D eigenvalue weighted by molar-refractivity contribution is 0.0508. The third-order valence-corrected chi connectivity index (χ3v) is 2.99. The SMILES string of the molecule is CC(CNCc1cc2ccccc2o1)NC(=O)OC(C)(C)C. The molecule has 2 rings (SSSR count). The van der Waals surface area contributed by atoms with E-state index < -0.39 is 11.7 Å². The van der Waals surface area contributed by atoms with E-state index in [-0.39, 0.29) is 6.04 Å². The summed E-state index contributed by atoms with van der Waals surface area (Å²) >= 11 is 0. The molecule has 0 aliphatic carbocycles. The summed E-state index contributed by atoms with van der Waals surface area (Å²) in [7, 11) is 0. The van der Waals surface area contributed by atoms with Crippen molar-refractivity contribution >= 4 is 17.1 Å². The molecule has 0 aliphatic heterocycles. The molecule has 1 unspecified atom stereocenters. The highest BCUT2D eigenvalue weighted by atomic mass is 16.6. The van der Waals surface area contributed by atoms with Gasteiger partial charge in [-0.25, -0.2) is 4.79 Å². The molecule has 1 aromatic carbocycles. The zero-order valence-electron chi connectivity index (χ0n) is 13.6. The van der Waals surface area contributed by atoms with Gasteiger partial charge in [0.1, 0.15) is 16.9 Å². The van der Waals surface area contributed by atoms with E-state index >= 15 is 0 Å². The third kappa shape index (κ3) is 5.07. The van der Waals surface area contributed by atoms with Gasteiger partial charge in [-0.1, -0.05) is 18.2 Å². The van der Waals surface area contributed by atoms with E-state index in [0.717, 1.165) is 16.7 Å². The first-order valence-corrected chi connectivity index (χ1v) is 7.51. The van der Waals surface area contributed by atoms with Gasteiger partial charge < -0.3 is 19.8 Å². The first-order valence-electron chi connectivity index (χ1n) is 7.51. The number of rotatable bonds is 5. The molecule has 120 valence electrons. The molecule has 2 N–H and O–H groups in total. The Balaban J connectivity index is 1.74. The second-order valence-corrected chi connectivity index (χ2v) is 6.43. The smallest absolute Gasteiger partial charge is 0.407 e. The van der Waals surface area contributed by atoms with E-state index in [1.807, 2.05) is 58.0 Å². The number of ether oxygens (including phenoxy) is 1. The average Bonchev–Trinajstić information content (AvgIpc) is 2.78. The highest BCUT2D eigenvalue weighted by Gasteiger charge is 2.17. The van der Waals surface area contributed by atoms with E-state index in [1.165, 1.54) is 0 Å². The number of hydrogen-bond acceptors (Lipinski definition) is 4. The van der Waals surface area contributed by atoms with Crippen LogP contribution in [0.3, 0.4) is 0 Å².